The summed E-state index contributed by atoms with van der Waals surface area (Å²) in [6, 6.07) is 5.32. The first-order valence-corrected chi connectivity index (χ1v) is 4.59. The summed E-state index contributed by atoms with van der Waals surface area (Å²) in [7, 11) is 0. The molecule has 0 amide bonds. The lowest BCUT2D eigenvalue weighted by molar-refractivity contribution is -0.136. The minimum absolute atomic E-state index is 0.000185. The van der Waals surface area contributed by atoms with Crippen LogP contribution in [0.15, 0.2) is 30.5 Å². The van der Waals surface area contributed by atoms with Gasteiger partial charge in [-0.05, 0) is 18.2 Å². The Kier molecular flexibility index (Phi) is 2.26. The number of ketones is 1. The maximum absolute atomic E-state index is 12.7. The number of hydrogen-bond acceptors (Lipinski definition) is 1. The fourth-order valence-electron chi connectivity index (χ4n) is 1.65. The summed E-state index contributed by atoms with van der Waals surface area (Å²) in [6.07, 6.45) is -3.00. The van der Waals surface area contributed by atoms with Gasteiger partial charge in [0.25, 0.3) is 0 Å². The van der Waals surface area contributed by atoms with Crippen LogP contribution in [0.2, 0.25) is 0 Å². The third-order valence-corrected chi connectivity index (χ3v) is 2.34. The highest BCUT2D eigenvalue weighted by atomic mass is 19.4. The number of carbonyl (C=O) groups excluding carboxylic acids is 1. The number of fused-ring (bicyclic) bond motifs is 1. The Balaban J connectivity index is 2.82. The number of pyridine rings is 1. The molecular weight excluding hydrogens is 219 g/mol. The van der Waals surface area contributed by atoms with E-state index in [2.05, 4.69) is 0 Å². The molecule has 2 nitrogen and oxygen atoms in total. The van der Waals surface area contributed by atoms with Gasteiger partial charge in [0.15, 0.2) is 5.78 Å². The Morgan fingerprint density at radius 3 is 2.56 bits per heavy atom. The maximum atomic E-state index is 12.7. The van der Waals surface area contributed by atoms with Crippen molar-refractivity contribution in [2.75, 3.05) is 0 Å². The summed E-state index contributed by atoms with van der Waals surface area (Å²) in [4.78, 5) is 11.2. The van der Waals surface area contributed by atoms with E-state index in [0.29, 0.717) is 0 Å². The number of nitrogens with zero attached hydrogens (tertiary/aromatic N) is 1. The van der Waals surface area contributed by atoms with Crippen LogP contribution in [0, 0.1) is 0 Å². The van der Waals surface area contributed by atoms with E-state index in [0.717, 1.165) is 6.07 Å². The van der Waals surface area contributed by atoms with E-state index in [9.17, 15) is 18.0 Å². The first-order valence-electron chi connectivity index (χ1n) is 4.59. The van der Waals surface area contributed by atoms with Crippen LogP contribution < -0.4 is 0 Å². The zero-order chi connectivity index (χ0) is 11.9. The van der Waals surface area contributed by atoms with Crippen LogP contribution in [0.5, 0.6) is 0 Å². The topological polar surface area (TPSA) is 21.5 Å². The van der Waals surface area contributed by atoms with E-state index < -0.39 is 17.5 Å². The Morgan fingerprint density at radius 1 is 1.31 bits per heavy atom. The second-order valence-corrected chi connectivity index (χ2v) is 3.45. The number of rotatable bonds is 1. The monoisotopic (exact) mass is 227 g/mol. The number of alkyl halides is 3. The van der Waals surface area contributed by atoms with Crippen molar-refractivity contribution in [1.82, 2.24) is 4.40 Å². The lowest BCUT2D eigenvalue weighted by atomic mass is 10.2. The van der Waals surface area contributed by atoms with Crippen molar-refractivity contribution in [2.45, 2.75) is 13.1 Å². The first kappa shape index (κ1) is 10.7. The van der Waals surface area contributed by atoms with Gasteiger partial charge >= 0.3 is 6.18 Å². The number of aromatic nitrogens is 1. The molecule has 0 atom stereocenters. The second-order valence-electron chi connectivity index (χ2n) is 3.45. The van der Waals surface area contributed by atoms with E-state index in [1.807, 2.05) is 0 Å². The van der Waals surface area contributed by atoms with Crippen molar-refractivity contribution in [3.8, 4) is 0 Å². The van der Waals surface area contributed by atoms with Crippen molar-refractivity contribution in [2.24, 2.45) is 0 Å². The van der Waals surface area contributed by atoms with E-state index in [-0.39, 0.29) is 11.2 Å². The highest BCUT2D eigenvalue weighted by Crippen LogP contribution is 2.34. The molecule has 2 heterocycles. The van der Waals surface area contributed by atoms with Gasteiger partial charge in [0, 0.05) is 13.1 Å². The van der Waals surface area contributed by atoms with Crippen LogP contribution in [0.3, 0.4) is 0 Å². The molecule has 16 heavy (non-hydrogen) atoms. The largest absolute Gasteiger partial charge is 0.418 e. The van der Waals surface area contributed by atoms with Gasteiger partial charge in [-0.25, -0.2) is 0 Å². The molecule has 84 valence electrons. The van der Waals surface area contributed by atoms with Crippen LogP contribution in [0.4, 0.5) is 13.2 Å². The molecule has 0 aliphatic heterocycles. The average Bonchev–Trinajstić information content (AvgIpc) is 2.56. The molecule has 2 aromatic rings. The Labute approximate surface area is 89.3 Å². The molecule has 0 bridgehead atoms. The number of carbonyl (C=O) groups is 1. The molecule has 0 aliphatic carbocycles. The summed E-state index contributed by atoms with van der Waals surface area (Å²) in [5.74, 6) is -0.392. The molecule has 2 rings (SSSR count). The Morgan fingerprint density at radius 2 is 2.00 bits per heavy atom. The zero-order valence-corrected chi connectivity index (χ0v) is 8.38. The summed E-state index contributed by atoms with van der Waals surface area (Å²) in [5.41, 5.74) is -0.735. The average molecular weight is 227 g/mol. The van der Waals surface area contributed by atoms with Crippen molar-refractivity contribution in [3.05, 3.63) is 41.7 Å². The standard InChI is InChI=1S/C11H8F3NO/c1-7(16)10-6-8(11(12,13)14)9-4-2-3-5-15(9)10/h2-6H,1H3. The molecule has 5 heteroatoms. The SMILES string of the molecule is CC(=O)c1cc(C(F)(F)F)c2ccccn12. The smallest absolute Gasteiger partial charge is 0.313 e. The molecular formula is C11H8F3NO. The Bertz CT molecular complexity index is 554. The van der Waals surface area contributed by atoms with E-state index in [4.69, 9.17) is 0 Å². The molecule has 0 aromatic carbocycles. The predicted octanol–water partition coefficient (Wildman–Crippen LogP) is 3.16. The lowest BCUT2D eigenvalue weighted by Gasteiger charge is -2.04. The summed E-state index contributed by atoms with van der Waals surface area (Å²) in [6.45, 7) is 1.24. The third kappa shape index (κ3) is 1.58. The summed E-state index contributed by atoms with van der Waals surface area (Å²) < 4.78 is 39.3. The molecule has 0 fully saturated rings. The fourth-order valence-corrected chi connectivity index (χ4v) is 1.65. The first-order chi connectivity index (χ1) is 7.41. The molecule has 0 radical (unpaired) electrons. The molecule has 0 spiro atoms. The highest BCUT2D eigenvalue weighted by molar-refractivity contribution is 5.94. The summed E-state index contributed by atoms with van der Waals surface area (Å²) in [5, 5.41) is 0. The van der Waals surface area contributed by atoms with E-state index in [1.54, 1.807) is 6.07 Å². The van der Waals surface area contributed by atoms with Crippen molar-refractivity contribution in [1.29, 1.82) is 0 Å². The maximum Gasteiger partial charge on any atom is 0.418 e. The fraction of sp³-hybridized carbons (Fsp3) is 0.182. The van der Waals surface area contributed by atoms with Crippen molar-refractivity contribution < 1.29 is 18.0 Å². The third-order valence-electron chi connectivity index (χ3n) is 2.34. The molecule has 2 aromatic heterocycles. The zero-order valence-electron chi connectivity index (χ0n) is 8.38. The van der Waals surface area contributed by atoms with Crippen molar-refractivity contribution >= 4 is 11.3 Å². The van der Waals surface area contributed by atoms with Crippen LogP contribution in [-0.4, -0.2) is 10.2 Å². The second kappa shape index (κ2) is 3.37. The molecule has 0 aliphatic rings. The minimum Gasteiger partial charge on any atom is -0.313 e. The normalized spacial score (nSPS) is 12.0. The van der Waals surface area contributed by atoms with Gasteiger partial charge in [0.2, 0.25) is 0 Å². The quantitative estimate of drug-likeness (QED) is 0.685. The van der Waals surface area contributed by atoms with Gasteiger partial charge in [0.05, 0.1) is 16.8 Å². The van der Waals surface area contributed by atoms with Crippen LogP contribution in [-0.2, 0) is 6.18 Å². The van der Waals surface area contributed by atoms with Gasteiger partial charge in [-0.15, -0.1) is 0 Å². The number of Topliss-reactive ketones (excluding diaryl/α,β-unsaturated/α-hetero) is 1. The van der Waals surface area contributed by atoms with Crippen molar-refractivity contribution in [3.63, 3.8) is 0 Å². The van der Waals surface area contributed by atoms with Gasteiger partial charge in [-0.3, -0.25) is 4.79 Å². The summed E-state index contributed by atoms with van der Waals surface area (Å²) >= 11 is 0. The number of hydrogen-bond donors (Lipinski definition) is 0. The van der Waals surface area contributed by atoms with Crippen LogP contribution in [0.1, 0.15) is 23.0 Å². The minimum atomic E-state index is -4.44. The Hall–Kier alpha value is -1.78. The molecule has 0 saturated carbocycles. The van der Waals surface area contributed by atoms with E-state index >= 15 is 0 Å². The van der Waals surface area contributed by atoms with Gasteiger partial charge in [0.1, 0.15) is 0 Å². The lowest BCUT2D eigenvalue weighted by Crippen LogP contribution is -2.03. The van der Waals surface area contributed by atoms with Gasteiger partial charge in [-0.2, -0.15) is 13.2 Å². The molecule has 0 unspecified atom stereocenters. The van der Waals surface area contributed by atoms with Crippen LogP contribution >= 0.6 is 0 Å². The highest BCUT2D eigenvalue weighted by Gasteiger charge is 2.34. The van der Waals surface area contributed by atoms with Gasteiger partial charge in [-0.1, -0.05) is 6.07 Å². The van der Waals surface area contributed by atoms with Gasteiger partial charge < -0.3 is 4.40 Å². The molecule has 0 N–H and O–H groups in total. The predicted molar refractivity (Wildman–Crippen MR) is 52.4 cm³/mol. The van der Waals surface area contributed by atoms with Crippen LogP contribution in [0.25, 0.3) is 5.52 Å². The number of halogens is 3. The molecule has 0 saturated heterocycles. The van der Waals surface area contributed by atoms with E-state index in [1.165, 1.54) is 29.7 Å².